The predicted molar refractivity (Wildman–Crippen MR) is 61.5 cm³/mol. The Hall–Kier alpha value is -1.04. The van der Waals surface area contributed by atoms with E-state index in [1.807, 2.05) is 20.8 Å². The van der Waals surface area contributed by atoms with Crippen LogP contribution in [0.15, 0.2) is 0 Å². The zero-order valence-electron chi connectivity index (χ0n) is 10.5. The number of rotatable bonds is 2. The van der Waals surface area contributed by atoms with Crippen molar-refractivity contribution < 1.29 is 9.53 Å². The van der Waals surface area contributed by atoms with Crippen molar-refractivity contribution in [1.82, 2.24) is 0 Å². The van der Waals surface area contributed by atoms with Crippen LogP contribution in [0, 0.1) is 23.2 Å². The molecule has 90 valence electrons. The molecular formula is C13H21NO2. The van der Waals surface area contributed by atoms with E-state index in [4.69, 9.17) is 10.00 Å². The number of nitrogens with zero attached hydrogens (tertiary/aromatic N) is 1. The Bertz CT molecular complexity index is 285. The summed E-state index contributed by atoms with van der Waals surface area (Å²) >= 11 is 0. The lowest BCUT2D eigenvalue weighted by molar-refractivity contribution is -0.156. The fourth-order valence-corrected chi connectivity index (χ4v) is 2.22. The van der Waals surface area contributed by atoms with Gasteiger partial charge < -0.3 is 4.74 Å². The van der Waals surface area contributed by atoms with Crippen LogP contribution >= 0.6 is 0 Å². The summed E-state index contributed by atoms with van der Waals surface area (Å²) in [6.07, 6.45) is 4.56. The summed E-state index contributed by atoms with van der Waals surface area (Å²) in [7, 11) is 0. The normalized spacial score (nSPS) is 25.9. The lowest BCUT2D eigenvalue weighted by Crippen LogP contribution is -2.28. The smallest absolute Gasteiger partial charge is 0.306 e. The zero-order chi connectivity index (χ0) is 12.2. The van der Waals surface area contributed by atoms with E-state index in [2.05, 4.69) is 6.07 Å². The van der Waals surface area contributed by atoms with E-state index in [1.165, 1.54) is 0 Å². The van der Waals surface area contributed by atoms with Crippen molar-refractivity contribution in [2.24, 2.45) is 11.8 Å². The highest BCUT2D eigenvalue weighted by Gasteiger charge is 2.28. The van der Waals surface area contributed by atoms with Crippen molar-refractivity contribution in [2.75, 3.05) is 0 Å². The molecule has 1 aliphatic carbocycles. The average Bonchev–Trinajstić information content (AvgIpc) is 2.15. The van der Waals surface area contributed by atoms with Crippen molar-refractivity contribution in [3.05, 3.63) is 0 Å². The number of carbonyl (C=O) groups is 1. The standard InChI is InChI=1S/C13H21NO2/c1-13(2,3)16-12(15)8-10-6-4-5-7-11(10)9-14/h10-11H,4-8H2,1-3H3. The predicted octanol–water partition coefficient (Wildman–Crippen LogP) is 3.05. The van der Waals surface area contributed by atoms with Gasteiger partial charge in [0.1, 0.15) is 5.60 Å². The highest BCUT2D eigenvalue weighted by atomic mass is 16.6. The molecule has 1 aliphatic rings. The Labute approximate surface area is 97.8 Å². The Balaban J connectivity index is 2.46. The van der Waals surface area contributed by atoms with Gasteiger partial charge in [-0.3, -0.25) is 4.79 Å². The minimum absolute atomic E-state index is 0.0428. The summed E-state index contributed by atoms with van der Waals surface area (Å²) < 4.78 is 5.28. The lowest BCUT2D eigenvalue weighted by Gasteiger charge is -2.27. The molecule has 0 amide bonds. The summed E-state index contributed by atoms with van der Waals surface area (Å²) in [5.74, 6) is 0.0783. The second-order valence-electron chi connectivity index (χ2n) is 5.57. The van der Waals surface area contributed by atoms with E-state index in [0.29, 0.717) is 6.42 Å². The molecule has 0 aromatic heterocycles. The minimum Gasteiger partial charge on any atom is -0.460 e. The lowest BCUT2D eigenvalue weighted by atomic mass is 9.78. The van der Waals surface area contributed by atoms with Crippen molar-refractivity contribution >= 4 is 5.97 Å². The van der Waals surface area contributed by atoms with Gasteiger partial charge in [0.15, 0.2) is 0 Å². The first-order chi connectivity index (χ1) is 7.42. The molecule has 0 aromatic carbocycles. The summed E-state index contributed by atoms with van der Waals surface area (Å²) in [4.78, 5) is 11.7. The molecule has 2 unspecified atom stereocenters. The van der Waals surface area contributed by atoms with E-state index < -0.39 is 5.60 Å². The minimum atomic E-state index is -0.423. The van der Waals surface area contributed by atoms with Gasteiger partial charge in [0.05, 0.1) is 6.07 Å². The first kappa shape index (κ1) is 13.0. The molecule has 0 radical (unpaired) electrons. The van der Waals surface area contributed by atoms with Crippen LogP contribution in [-0.2, 0) is 9.53 Å². The van der Waals surface area contributed by atoms with Gasteiger partial charge in [0.25, 0.3) is 0 Å². The van der Waals surface area contributed by atoms with Crippen molar-refractivity contribution in [2.45, 2.75) is 58.5 Å². The summed E-state index contributed by atoms with van der Waals surface area (Å²) in [6, 6.07) is 2.31. The second-order valence-corrected chi connectivity index (χ2v) is 5.57. The number of carbonyl (C=O) groups excluding carboxylic acids is 1. The van der Waals surface area contributed by atoms with Gasteiger partial charge >= 0.3 is 5.97 Å². The molecule has 0 bridgehead atoms. The SMILES string of the molecule is CC(C)(C)OC(=O)CC1CCCCC1C#N. The molecule has 3 heteroatoms. The van der Waals surface area contributed by atoms with Crippen LogP contribution < -0.4 is 0 Å². The fourth-order valence-electron chi connectivity index (χ4n) is 2.22. The molecular weight excluding hydrogens is 202 g/mol. The van der Waals surface area contributed by atoms with Crippen molar-refractivity contribution in [3.8, 4) is 6.07 Å². The van der Waals surface area contributed by atoms with Crippen LogP contribution in [0.25, 0.3) is 0 Å². The number of esters is 1. The first-order valence-corrected chi connectivity index (χ1v) is 6.04. The molecule has 2 atom stereocenters. The second kappa shape index (κ2) is 5.34. The summed E-state index contributed by atoms with van der Waals surface area (Å²) in [6.45, 7) is 5.61. The Kier molecular flexibility index (Phi) is 4.35. The maximum atomic E-state index is 11.7. The van der Waals surface area contributed by atoms with Crippen LogP contribution in [-0.4, -0.2) is 11.6 Å². The third-order valence-electron chi connectivity index (χ3n) is 2.92. The van der Waals surface area contributed by atoms with Crippen LogP contribution in [0.5, 0.6) is 0 Å². The highest BCUT2D eigenvalue weighted by molar-refractivity contribution is 5.70. The Morgan fingerprint density at radius 2 is 2.00 bits per heavy atom. The summed E-state index contributed by atoms with van der Waals surface area (Å²) in [5.41, 5.74) is -0.423. The third-order valence-corrected chi connectivity index (χ3v) is 2.92. The average molecular weight is 223 g/mol. The van der Waals surface area contributed by atoms with E-state index in [0.717, 1.165) is 25.7 Å². The van der Waals surface area contributed by atoms with Crippen LogP contribution in [0.2, 0.25) is 0 Å². The number of hydrogen-bond acceptors (Lipinski definition) is 3. The van der Waals surface area contributed by atoms with Crippen LogP contribution in [0.3, 0.4) is 0 Å². The van der Waals surface area contributed by atoms with Gasteiger partial charge in [-0.15, -0.1) is 0 Å². The van der Waals surface area contributed by atoms with Gasteiger partial charge in [-0.2, -0.15) is 5.26 Å². The van der Waals surface area contributed by atoms with Gasteiger partial charge in [0.2, 0.25) is 0 Å². The fraction of sp³-hybridized carbons (Fsp3) is 0.846. The van der Waals surface area contributed by atoms with Gasteiger partial charge in [-0.1, -0.05) is 12.8 Å². The largest absolute Gasteiger partial charge is 0.460 e. The molecule has 3 nitrogen and oxygen atoms in total. The van der Waals surface area contributed by atoms with Crippen LogP contribution in [0.1, 0.15) is 52.9 Å². The van der Waals surface area contributed by atoms with Crippen LogP contribution in [0.4, 0.5) is 0 Å². The molecule has 0 saturated heterocycles. The molecule has 1 rings (SSSR count). The topological polar surface area (TPSA) is 50.1 Å². The van der Waals surface area contributed by atoms with E-state index >= 15 is 0 Å². The zero-order valence-corrected chi connectivity index (χ0v) is 10.5. The van der Waals surface area contributed by atoms with Crippen molar-refractivity contribution in [1.29, 1.82) is 5.26 Å². The molecule has 1 saturated carbocycles. The van der Waals surface area contributed by atoms with Gasteiger partial charge in [0, 0.05) is 12.3 Å². The first-order valence-electron chi connectivity index (χ1n) is 6.04. The third kappa shape index (κ3) is 4.22. The van der Waals surface area contributed by atoms with Gasteiger partial charge in [-0.05, 0) is 39.5 Å². The Morgan fingerprint density at radius 1 is 1.38 bits per heavy atom. The monoisotopic (exact) mass is 223 g/mol. The molecule has 0 heterocycles. The molecule has 0 aromatic rings. The molecule has 16 heavy (non-hydrogen) atoms. The molecule has 0 N–H and O–H groups in total. The molecule has 1 fully saturated rings. The maximum Gasteiger partial charge on any atom is 0.306 e. The molecule has 0 aliphatic heterocycles. The maximum absolute atomic E-state index is 11.7. The Morgan fingerprint density at radius 3 is 2.56 bits per heavy atom. The number of ether oxygens (including phenoxy) is 1. The van der Waals surface area contributed by atoms with E-state index in [1.54, 1.807) is 0 Å². The number of nitriles is 1. The van der Waals surface area contributed by atoms with Gasteiger partial charge in [-0.25, -0.2) is 0 Å². The summed E-state index contributed by atoms with van der Waals surface area (Å²) in [5, 5.41) is 9.00. The van der Waals surface area contributed by atoms with E-state index in [9.17, 15) is 4.79 Å². The quantitative estimate of drug-likeness (QED) is 0.676. The number of hydrogen-bond donors (Lipinski definition) is 0. The van der Waals surface area contributed by atoms with E-state index in [-0.39, 0.29) is 17.8 Å². The van der Waals surface area contributed by atoms with Crippen molar-refractivity contribution in [3.63, 3.8) is 0 Å². The highest BCUT2D eigenvalue weighted by Crippen LogP contribution is 2.32. The molecule has 0 spiro atoms.